The van der Waals surface area contributed by atoms with Gasteiger partial charge in [-0.1, -0.05) is 6.07 Å². The summed E-state index contributed by atoms with van der Waals surface area (Å²) in [6, 6.07) is 8.14. The van der Waals surface area contributed by atoms with Crippen LogP contribution in [0.4, 0.5) is 5.69 Å². The van der Waals surface area contributed by atoms with Crippen molar-refractivity contribution >= 4 is 11.6 Å². The van der Waals surface area contributed by atoms with Gasteiger partial charge in [0, 0.05) is 25.5 Å². The zero-order valence-corrected chi connectivity index (χ0v) is 11.5. The van der Waals surface area contributed by atoms with Gasteiger partial charge in [0.05, 0.1) is 6.04 Å². The van der Waals surface area contributed by atoms with Crippen molar-refractivity contribution in [3.63, 3.8) is 0 Å². The molecule has 3 N–H and O–H groups in total. The maximum Gasteiger partial charge on any atom is 0.241 e. The molecule has 0 heterocycles. The van der Waals surface area contributed by atoms with E-state index in [0.717, 1.165) is 6.42 Å². The van der Waals surface area contributed by atoms with Crippen LogP contribution < -0.4 is 15.8 Å². The van der Waals surface area contributed by atoms with E-state index in [9.17, 15) is 4.79 Å². The van der Waals surface area contributed by atoms with E-state index < -0.39 is 6.04 Å². The number of nitriles is 1. The molecule has 0 radical (unpaired) electrons. The van der Waals surface area contributed by atoms with Crippen molar-refractivity contribution in [1.29, 1.82) is 5.26 Å². The number of carbonyl (C=O) groups is 1. The Balaban J connectivity index is 2.50. The number of rotatable bonds is 8. The van der Waals surface area contributed by atoms with Gasteiger partial charge in [0.15, 0.2) is 6.61 Å². The number of carbonyl (C=O) groups excluding carboxylic acids is 1. The lowest BCUT2D eigenvalue weighted by atomic mass is 10.1. The van der Waals surface area contributed by atoms with Crippen molar-refractivity contribution in [2.45, 2.75) is 18.9 Å². The number of nitrogens with zero attached hydrogens (tertiary/aromatic N) is 1. The highest BCUT2D eigenvalue weighted by Crippen LogP contribution is 2.17. The van der Waals surface area contributed by atoms with Crippen LogP contribution in [0.25, 0.3) is 0 Å². The molecule has 108 valence electrons. The molecule has 0 aliphatic carbocycles. The van der Waals surface area contributed by atoms with Crippen LogP contribution in [0.1, 0.15) is 12.8 Å². The predicted octanol–water partition coefficient (Wildman–Crippen LogP) is 1.28. The van der Waals surface area contributed by atoms with Crippen LogP contribution in [0.5, 0.6) is 5.75 Å². The maximum atomic E-state index is 11.9. The first-order valence-electron chi connectivity index (χ1n) is 6.32. The Bertz CT molecular complexity index is 471. The summed E-state index contributed by atoms with van der Waals surface area (Å²) in [4.78, 5) is 11.9. The second-order valence-electron chi connectivity index (χ2n) is 4.21. The van der Waals surface area contributed by atoms with Gasteiger partial charge in [-0.25, -0.2) is 0 Å². The van der Waals surface area contributed by atoms with Gasteiger partial charge in [-0.3, -0.25) is 4.79 Å². The van der Waals surface area contributed by atoms with E-state index in [1.54, 1.807) is 31.4 Å². The molecule has 0 aliphatic heterocycles. The molecule has 0 aromatic heterocycles. The number of nitrogens with one attached hydrogen (secondary N) is 1. The normalized spacial score (nSPS) is 11.4. The molecule has 1 aromatic carbocycles. The van der Waals surface area contributed by atoms with Crippen LogP contribution in [0.2, 0.25) is 0 Å². The van der Waals surface area contributed by atoms with Crippen molar-refractivity contribution in [3.8, 4) is 11.8 Å². The first-order valence-corrected chi connectivity index (χ1v) is 6.32. The fourth-order valence-corrected chi connectivity index (χ4v) is 1.59. The van der Waals surface area contributed by atoms with Crippen LogP contribution in [-0.2, 0) is 9.53 Å². The fraction of sp³-hybridized carbons (Fsp3) is 0.429. The minimum absolute atomic E-state index is 0.0338. The lowest BCUT2D eigenvalue weighted by Crippen LogP contribution is -2.35. The summed E-state index contributed by atoms with van der Waals surface area (Å²) in [5, 5.41) is 11.2. The largest absolute Gasteiger partial charge is 0.479 e. The molecule has 0 spiro atoms. The highest BCUT2D eigenvalue weighted by molar-refractivity contribution is 5.94. The second kappa shape index (κ2) is 8.91. The van der Waals surface area contributed by atoms with Crippen LogP contribution in [0.15, 0.2) is 24.3 Å². The van der Waals surface area contributed by atoms with Gasteiger partial charge in [-0.15, -0.1) is 0 Å². The quantitative estimate of drug-likeness (QED) is 0.698. The molecule has 0 bridgehead atoms. The summed E-state index contributed by atoms with van der Waals surface area (Å²) in [6.45, 7) is 0.548. The average Bonchev–Trinajstić information content (AvgIpc) is 2.45. The predicted molar refractivity (Wildman–Crippen MR) is 75.3 cm³/mol. The minimum atomic E-state index is -0.575. The average molecular weight is 277 g/mol. The van der Waals surface area contributed by atoms with Gasteiger partial charge in [-0.05, 0) is 25.0 Å². The highest BCUT2D eigenvalue weighted by Gasteiger charge is 2.13. The number of benzene rings is 1. The van der Waals surface area contributed by atoms with Gasteiger partial charge in [0.25, 0.3) is 0 Å². The van der Waals surface area contributed by atoms with Crippen LogP contribution in [-0.4, -0.2) is 32.3 Å². The van der Waals surface area contributed by atoms with Gasteiger partial charge < -0.3 is 20.5 Å². The van der Waals surface area contributed by atoms with Crippen molar-refractivity contribution in [2.24, 2.45) is 5.73 Å². The van der Waals surface area contributed by atoms with Gasteiger partial charge in [-0.2, -0.15) is 5.26 Å². The zero-order chi connectivity index (χ0) is 14.8. The number of nitrogens with two attached hydrogens (primary N) is 1. The monoisotopic (exact) mass is 277 g/mol. The van der Waals surface area contributed by atoms with E-state index in [2.05, 4.69) is 5.32 Å². The summed E-state index contributed by atoms with van der Waals surface area (Å²) in [6.07, 6.45) is 1.29. The minimum Gasteiger partial charge on any atom is -0.479 e. The Morgan fingerprint density at radius 2 is 2.35 bits per heavy atom. The third-order valence-corrected chi connectivity index (χ3v) is 2.61. The molecule has 1 amide bonds. The molecule has 1 rings (SSSR count). The summed E-state index contributed by atoms with van der Waals surface area (Å²) in [7, 11) is 1.61. The van der Waals surface area contributed by atoms with Crippen molar-refractivity contribution in [2.75, 3.05) is 25.6 Å². The molecular weight excluding hydrogens is 258 g/mol. The van der Waals surface area contributed by atoms with Gasteiger partial charge >= 0.3 is 0 Å². The second-order valence-corrected chi connectivity index (χ2v) is 4.21. The standard InChI is InChI=1S/C14H19N3O3/c1-19-8-3-6-13(16)14(18)17-11-4-2-5-12(10-11)20-9-7-15/h2,4-5,10,13H,3,6,8-9,16H2,1H3,(H,17,18). The zero-order valence-electron chi connectivity index (χ0n) is 11.5. The van der Waals surface area contributed by atoms with Crippen molar-refractivity contribution in [3.05, 3.63) is 24.3 Å². The Morgan fingerprint density at radius 3 is 3.05 bits per heavy atom. The molecule has 1 unspecified atom stereocenters. The lowest BCUT2D eigenvalue weighted by Gasteiger charge is -2.12. The van der Waals surface area contributed by atoms with Crippen LogP contribution >= 0.6 is 0 Å². The molecule has 6 nitrogen and oxygen atoms in total. The Hall–Kier alpha value is -2.10. The van der Waals surface area contributed by atoms with Gasteiger partial charge in [0.2, 0.25) is 5.91 Å². The van der Waals surface area contributed by atoms with E-state index in [0.29, 0.717) is 24.5 Å². The summed E-state index contributed by atoms with van der Waals surface area (Å²) in [5.41, 5.74) is 6.37. The third-order valence-electron chi connectivity index (χ3n) is 2.61. The first kappa shape index (κ1) is 16.0. The van der Waals surface area contributed by atoms with E-state index in [1.807, 2.05) is 6.07 Å². The molecule has 1 aromatic rings. The summed E-state index contributed by atoms with van der Waals surface area (Å²) >= 11 is 0. The molecule has 0 saturated heterocycles. The fourth-order valence-electron chi connectivity index (χ4n) is 1.59. The number of methoxy groups -OCH3 is 1. The number of hydrogen-bond donors (Lipinski definition) is 2. The van der Waals surface area contributed by atoms with E-state index in [4.69, 9.17) is 20.5 Å². The summed E-state index contributed by atoms with van der Waals surface area (Å²) < 4.78 is 10.1. The van der Waals surface area contributed by atoms with Crippen LogP contribution in [0.3, 0.4) is 0 Å². The molecule has 0 fully saturated rings. The number of amides is 1. The maximum absolute atomic E-state index is 11.9. The number of anilines is 1. The first-order chi connectivity index (χ1) is 9.67. The molecule has 1 atom stereocenters. The number of ether oxygens (including phenoxy) is 2. The SMILES string of the molecule is COCCCC(N)C(=O)Nc1cccc(OCC#N)c1. The highest BCUT2D eigenvalue weighted by atomic mass is 16.5. The van der Waals surface area contributed by atoms with Crippen molar-refractivity contribution in [1.82, 2.24) is 0 Å². The lowest BCUT2D eigenvalue weighted by molar-refractivity contribution is -0.117. The molecular formula is C14H19N3O3. The van der Waals surface area contributed by atoms with E-state index in [1.165, 1.54) is 0 Å². The van der Waals surface area contributed by atoms with Crippen molar-refractivity contribution < 1.29 is 14.3 Å². The third kappa shape index (κ3) is 5.69. The Kier molecular flexibility index (Phi) is 7.11. The Morgan fingerprint density at radius 1 is 1.55 bits per heavy atom. The molecule has 20 heavy (non-hydrogen) atoms. The summed E-state index contributed by atoms with van der Waals surface area (Å²) in [5.74, 6) is 0.274. The van der Waals surface area contributed by atoms with Crippen LogP contribution in [0, 0.1) is 11.3 Å². The van der Waals surface area contributed by atoms with E-state index >= 15 is 0 Å². The van der Waals surface area contributed by atoms with Gasteiger partial charge in [0.1, 0.15) is 11.8 Å². The molecule has 6 heteroatoms. The Labute approximate surface area is 118 Å². The molecule has 0 saturated carbocycles. The topological polar surface area (TPSA) is 97.4 Å². The van der Waals surface area contributed by atoms with E-state index in [-0.39, 0.29) is 12.5 Å². The molecule has 0 aliphatic rings. The smallest absolute Gasteiger partial charge is 0.241 e. The number of hydrogen-bond acceptors (Lipinski definition) is 5.